The lowest BCUT2D eigenvalue weighted by Crippen LogP contribution is -2.50. The molecule has 0 saturated carbocycles. The van der Waals surface area contributed by atoms with Crippen LogP contribution in [0.1, 0.15) is 12.5 Å². The van der Waals surface area contributed by atoms with Crippen LogP contribution in [0.3, 0.4) is 0 Å². The smallest absolute Gasteiger partial charge is 0.244 e. The number of fused-ring (bicyclic) bond motifs is 1. The lowest BCUT2D eigenvalue weighted by Gasteiger charge is -2.33. The average Bonchev–Trinajstić information content (AvgIpc) is 2.66. The van der Waals surface area contributed by atoms with Crippen LogP contribution >= 0.6 is 0 Å². The van der Waals surface area contributed by atoms with Crippen LogP contribution < -0.4 is 15.1 Å². The number of hydrogen-bond donors (Lipinski definition) is 1. The van der Waals surface area contributed by atoms with Crippen molar-refractivity contribution in [3.8, 4) is 0 Å². The maximum atomic E-state index is 13.1. The summed E-state index contributed by atoms with van der Waals surface area (Å²) >= 11 is 0. The molecule has 142 valence electrons. The standard InChI is InChI=1S/C21H26N4O2/c1-15(24(4)13-16-9-11-17(12-10-16)23(2)3)21(27)25-14-20(26)22-18-7-5-6-8-19(18)25/h5-12,15H,13-14H2,1-4H3,(H,22,26)/t15-/m0/s1. The van der Waals surface area contributed by atoms with Gasteiger partial charge in [-0.25, -0.2) is 0 Å². The number of benzene rings is 2. The van der Waals surface area contributed by atoms with E-state index in [1.807, 2.05) is 57.2 Å². The molecule has 2 aromatic carbocycles. The summed E-state index contributed by atoms with van der Waals surface area (Å²) in [7, 11) is 5.95. The SMILES string of the molecule is C[C@@H](C(=O)N1CC(=O)Nc2ccccc21)N(C)Cc1ccc(N(C)C)cc1. The van der Waals surface area contributed by atoms with E-state index in [1.165, 1.54) is 0 Å². The Morgan fingerprint density at radius 3 is 2.44 bits per heavy atom. The molecule has 0 aliphatic carbocycles. The van der Waals surface area contributed by atoms with Crippen molar-refractivity contribution in [3.05, 3.63) is 54.1 Å². The number of rotatable bonds is 5. The van der Waals surface area contributed by atoms with E-state index in [9.17, 15) is 9.59 Å². The summed E-state index contributed by atoms with van der Waals surface area (Å²) in [5.41, 5.74) is 3.70. The van der Waals surface area contributed by atoms with Crippen LogP contribution in [0, 0.1) is 0 Å². The zero-order chi connectivity index (χ0) is 19.6. The quantitative estimate of drug-likeness (QED) is 0.884. The summed E-state index contributed by atoms with van der Waals surface area (Å²) in [6.07, 6.45) is 0. The highest BCUT2D eigenvalue weighted by Crippen LogP contribution is 2.29. The van der Waals surface area contributed by atoms with Gasteiger partial charge in [-0.05, 0) is 43.8 Å². The van der Waals surface area contributed by atoms with Gasteiger partial charge < -0.3 is 10.2 Å². The van der Waals surface area contributed by atoms with Gasteiger partial charge in [-0.3, -0.25) is 19.4 Å². The molecule has 0 unspecified atom stereocenters. The van der Waals surface area contributed by atoms with Gasteiger partial charge in [0.2, 0.25) is 11.8 Å². The highest BCUT2D eigenvalue weighted by atomic mass is 16.2. The minimum absolute atomic E-state index is 0.0472. The van der Waals surface area contributed by atoms with E-state index >= 15 is 0 Å². The molecule has 1 atom stereocenters. The van der Waals surface area contributed by atoms with Crippen LogP contribution in [-0.2, 0) is 16.1 Å². The number of amides is 2. The molecular weight excluding hydrogens is 340 g/mol. The van der Waals surface area contributed by atoms with Gasteiger partial charge in [-0.1, -0.05) is 24.3 Å². The number of para-hydroxylation sites is 2. The molecule has 0 aromatic heterocycles. The molecule has 0 fully saturated rings. The summed E-state index contributed by atoms with van der Waals surface area (Å²) in [6, 6.07) is 15.3. The molecule has 1 heterocycles. The average molecular weight is 366 g/mol. The molecule has 6 nitrogen and oxygen atoms in total. The second-order valence-corrected chi connectivity index (χ2v) is 7.14. The molecule has 0 radical (unpaired) electrons. The highest BCUT2D eigenvalue weighted by Gasteiger charge is 2.31. The molecule has 27 heavy (non-hydrogen) atoms. The van der Waals surface area contributed by atoms with Gasteiger partial charge in [-0.15, -0.1) is 0 Å². The van der Waals surface area contributed by atoms with Crippen LogP contribution in [-0.4, -0.2) is 50.4 Å². The molecule has 2 amide bonds. The number of nitrogens with one attached hydrogen (secondary N) is 1. The van der Waals surface area contributed by atoms with E-state index in [-0.39, 0.29) is 24.4 Å². The van der Waals surface area contributed by atoms with Gasteiger partial charge in [0.15, 0.2) is 0 Å². The van der Waals surface area contributed by atoms with Crippen LogP contribution in [0.2, 0.25) is 0 Å². The van der Waals surface area contributed by atoms with Crippen molar-refractivity contribution in [3.63, 3.8) is 0 Å². The van der Waals surface area contributed by atoms with Gasteiger partial charge in [0.25, 0.3) is 0 Å². The summed E-state index contributed by atoms with van der Waals surface area (Å²) in [5, 5.41) is 2.82. The predicted molar refractivity (Wildman–Crippen MR) is 109 cm³/mol. The van der Waals surface area contributed by atoms with Crippen LogP contribution in [0.4, 0.5) is 17.1 Å². The van der Waals surface area contributed by atoms with E-state index in [4.69, 9.17) is 0 Å². The van der Waals surface area contributed by atoms with Crippen molar-refractivity contribution in [1.82, 2.24) is 4.90 Å². The number of anilines is 3. The first kappa shape index (κ1) is 18.9. The summed E-state index contributed by atoms with van der Waals surface area (Å²) in [6.45, 7) is 2.58. The van der Waals surface area contributed by atoms with Gasteiger partial charge in [0, 0.05) is 26.3 Å². The Morgan fingerprint density at radius 1 is 1.11 bits per heavy atom. The molecule has 0 spiro atoms. The second kappa shape index (κ2) is 7.80. The van der Waals surface area contributed by atoms with E-state index in [1.54, 1.807) is 4.90 Å². The molecule has 1 N–H and O–H groups in total. The summed E-state index contributed by atoms with van der Waals surface area (Å²) in [4.78, 5) is 30.7. The molecule has 1 aliphatic rings. The van der Waals surface area contributed by atoms with Crippen molar-refractivity contribution in [2.45, 2.75) is 19.5 Å². The Labute approximate surface area is 160 Å². The van der Waals surface area contributed by atoms with E-state index in [0.29, 0.717) is 12.2 Å². The first-order valence-corrected chi connectivity index (χ1v) is 9.03. The lowest BCUT2D eigenvalue weighted by molar-refractivity contribution is -0.125. The number of carbonyl (C=O) groups is 2. The van der Waals surface area contributed by atoms with E-state index in [2.05, 4.69) is 34.5 Å². The fourth-order valence-electron chi connectivity index (χ4n) is 3.17. The Hall–Kier alpha value is -2.86. The summed E-state index contributed by atoms with van der Waals surface area (Å²) in [5.74, 6) is -0.249. The van der Waals surface area contributed by atoms with Crippen molar-refractivity contribution in [2.75, 3.05) is 42.8 Å². The molecule has 0 bridgehead atoms. The van der Waals surface area contributed by atoms with Crippen LogP contribution in [0.15, 0.2) is 48.5 Å². The molecule has 3 rings (SSSR count). The van der Waals surface area contributed by atoms with Gasteiger partial charge >= 0.3 is 0 Å². The fourth-order valence-corrected chi connectivity index (χ4v) is 3.17. The Balaban J connectivity index is 1.72. The minimum atomic E-state index is -0.350. The molecule has 0 saturated heterocycles. The minimum Gasteiger partial charge on any atom is -0.378 e. The second-order valence-electron chi connectivity index (χ2n) is 7.14. The van der Waals surface area contributed by atoms with Crippen molar-refractivity contribution >= 4 is 28.9 Å². The first-order valence-electron chi connectivity index (χ1n) is 9.03. The van der Waals surface area contributed by atoms with E-state index in [0.717, 1.165) is 16.9 Å². The first-order chi connectivity index (χ1) is 12.9. The predicted octanol–water partition coefficient (Wildman–Crippen LogP) is 2.56. The van der Waals surface area contributed by atoms with Crippen molar-refractivity contribution in [1.29, 1.82) is 0 Å². The van der Waals surface area contributed by atoms with Gasteiger partial charge in [0.1, 0.15) is 6.54 Å². The molecule has 1 aliphatic heterocycles. The molecular formula is C21H26N4O2. The number of likely N-dealkylation sites (N-methyl/N-ethyl adjacent to an activating group) is 1. The third-order valence-electron chi connectivity index (χ3n) is 4.94. The zero-order valence-electron chi connectivity index (χ0n) is 16.3. The number of hydrogen-bond acceptors (Lipinski definition) is 4. The van der Waals surface area contributed by atoms with Crippen molar-refractivity contribution in [2.24, 2.45) is 0 Å². The Morgan fingerprint density at radius 2 is 1.78 bits per heavy atom. The Bertz CT molecular complexity index is 832. The normalized spacial score (nSPS) is 14.6. The zero-order valence-corrected chi connectivity index (χ0v) is 16.3. The third kappa shape index (κ3) is 4.11. The fraction of sp³-hybridized carbons (Fsp3) is 0.333. The third-order valence-corrected chi connectivity index (χ3v) is 4.94. The monoisotopic (exact) mass is 366 g/mol. The van der Waals surface area contributed by atoms with Crippen molar-refractivity contribution < 1.29 is 9.59 Å². The number of nitrogens with zero attached hydrogens (tertiary/aromatic N) is 3. The van der Waals surface area contributed by atoms with Gasteiger partial charge in [-0.2, -0.15) is 0 Å². The van der Waals surface area contributed by atoms with Gasteiger partial charge in [0.05, 0.1) is 17.4 Å². The largest absolute Gasteiger partial charge is 0.378 e. The molecule has 6 heteroatoms. The topological polar surface area (TPSA) is 55.9 Å². The number of carbonyl (C=O) groups excluding carboxylic acids is 2. The summed E-state index contributed by atoms with van der Waals surface area (Å²) < 4.78 is 0. The Kier molecular flexibility index (Phi) is 5.46. The van der Waals surface area contributed by atoms with E-state index < -0.39 is 0 Å². The van der Waals surface area contributed by atoms with Crippen LogP contribution in [0.5, 0.6) is 0 Å². The molecule has 2 aromatic rings. The maximum Gasteiger partial charge on any atom is 0.244 e. The highest BCUT2D eigenvalue weighted by molar-refractivity contribution is 6.11. The maximum absolute atomic E-state index is 13.1. The lowest BCUT2D eigenvalue weighted by atomic mass is 10.1. The van der Waals surface area contributed by atoms with Crippen LogP contribution in [0.25, 0.3) is 0 Å².